The molecule has 0 radical (unpaired) electrons. The van der Waals surface area contributed by atoms with Crippen molar-refractivity contribution in [2.24, 2.45) is 0 Å². The zero-order chi connectivity index (χ0) is 18.2. The molecule has 134 valence electrons. The number of rotatable bonds is 9. The van der Waals surface area contributed by atoms with Crippen LogP contribution in [0.25, 0.3) is 11.4 Å². The van der Waals surface area contributed by atoms with Gasteiger partial charge in [-0.3, -0.25) is 9.36 Å². The largest absolute Gasteiger partial charge is 0.383 e. The van der Waals surface area contributed by atoms with Crippen molar-refractivity contribution in [2.75, 3.05) is 20.3 Å². The Morgan fingerprint density at radius 2 is 2.28 bits per heavy atom. The number of benzene rings is 1. The lowest BCUT2D eigenvalue weighted by atomic mass is 10.1. The summed E-state index contributed by atoms with van der Waals surface area (Å²) in [5.41, 5.74) is 2.16. The molecular weight excluding hydrogens is 336 g/mol. The highest BCUT2D eigenvalue weighted by atomic mass is 32.2. The van der Waals surface area contributed by atoms with Crippen molar-refractivity contribution in [3.8, 4) is 11.4 Å². The number of nitrogens with one attached hydrogen (secondary N) is 1. The zero-order valence-electron chi connectivity index (χ0n) is 14.9. The van der Waals surface area contributed by atoms with Crippen LogP contribution < -0.4 is 5.32 Å². The Balaban J connectivity index is 2.26. The van der Waals surface area contributed by atoms with E-state index in [0.29, 0.717) is 24.9 Å². The number of carbonyl (C=O) groups is 1. The fourth-order valence-electron chi connectivity index (χ4n) is 2.29. The maximum atomic E-state index is 12.1. The second-order valence-corrected chi connectivity index (χ2v) is 6.92. The average Bonchev–Trinajstić information content (AvgIpc) is 3.00. The highest BCUT2D eigenvalue weighted by molar-refractivity contribution is 8.00. The van der Waals surface area contributed by atoms with E-state index < -0.39 is 0 Å². The summed E-state index contributed by atoms with van der Waals surface area (Å²) < 4.78 is 7.21. The molecule has 1 aromatic heterocycles. The predicted octanol–water partition coefficient (Wildman–Crippen LogP) is 2.68. The van der Waals surface area contributed by atoms with E-state index in [1.54, 1.807) is 13.2 Å². The first-order chi connectivity index (χ1) is 12.1. The highest BCUT2D eigenvalue weighted by Gasteiger charge is 2.20. The van der Waals surface area contributed by atoms with E-state index in [1.807, 2.05) is 36.6 Å². The number of ether oxygens (including phenoxy) is 1. The van der Waals surface area contributed by atoms with Gasteiger partial charge in [-0.25, -0.2) is 0 Å². The van der Waals surface area contributed by atoms with Gasteiger partial charge in [-0.2, -0.15) is 0 Å². The number of thioether (sulfide) groups is 1. The normalized spacial score (nSPS) is 12.0. The number of aromatic nitrogens is 3. The molecule has 0 saturated carbocycles. The maximum absolute atomic E-state index is 12.1. The summed E-state index contributed by atoms with van der Waals surface area (Å²) in [6.07, 6.45) is 1.66. The molecule has 2 rings (SSSR count). The first kappa shape index (κ1) is 19.2. The van der Waals surface area contributed by atoms with E-state index in [-0.39, 0.29) is 11.2 Å². The lowest BCUT2D eigenvalue weighted by Crippen LogP contribution is -2.31. The molecule has 2 aromatic rings. The van der Waals surface area contributed by atoms with E-state index in [9.17, 15) is 4.79 Å². The fourth-order valence-corrected chi connectivity index (χ4v) is 3.19. The number of hydrogen-bond acceptors (Lipinski definition) is 5. The molecule has 0 spiro atoms. The molecule has 0 fully saturated rings. The third-order valence-electron chi connectivity index (χ3n) is 3.58. The van der Waals surface area contributed by atoms with Crippen LogP contribution in [0.4, 0.5) is 0 Å². The predicted molar refractivity (Wildman–Crippen MR) is 101 cm³/mol. The number of aryl methyl sites for hydroxylation is 1. The Morgan fingerprint density at radius 3 is 2.96 bits per heavy atom. The van der Waals surface area contributed by atoms with Gasteiger partial charge < -0.3 is 10.1 Å². The molecule has 0 bridgehead atoms. The van der Waals surface area contributed by atoms with Gasteiger partial charge in [0.25, 0.3) is 0 Å². The molecule has 0 aliphatic carbocycles. The van der Waals surface area contributed by atoms with E-state index in [4.69, 9.17) is 4.74 Å². The van der Waals surface area contributed by atoms with Crippen LogP contribution in [0.2, 0.25) is 0 Å². The lowest BCUT2D eigenvalue weighted by Gasteiger charge is -2.13. The summed E-state index contributed by atoms with van der Waals surface area (Å²) >= 11 is 1.39. The van der Waals surface area contributed by atoms with Gasteiger partial charge in [0.15, 0.2) is 11.0 Å². The first-order valence-corrected chi connectivity index (χ1v) is 8.99. The third-order valence-corrected chi connectivity index (χ3v) is 4.66. The molecule has 6 nitrogen and oxygen atoms in total. The summed E-state index contributed by atoms with van der Waals surface area (Å²) in [6.45, 7) is 9.12. The second-order valence-electron chi connectivity index (χ2n) is 5.61. The third kappa shape index (κ3) is 5.17. The van der Waals surface area contributed by atoms with Crippen LogP contribution in [0.1, 0.15) is 12.5 Å². The van der Waals surface area contributed by atoms with Crippen LogP contribution in [-0.2, 0) is 16.1 Å². The average molecular weight is 360 g/mol. The number of methoxy groups -OCH3 is 1. The molecule has 0 unspecified atom stereocenters. The summed E-state index contributed by atoms with van der Waals surface area (Å²) in [5, 5.41) is 11.9. The van der Waals surface area contributed by atoms with Gasteiger partial charge in [-0.15, -0.1) is 16.8 Å². The fraction of sp³-hybridized carbons (Fsp3) is 0.389. The summed E-state index contributed by atoms with van der Waals surface area (Å²) in [5.74, 6) is 0.727. The lowest BCUT2D eigenvalue weighted by molar-refractivity contribution is -0.120. The molecule has 1 N–H and O–H groups in total. The Kier molecular flexibility index (Phi) is 7.21. The number of hydrogen-bond donors (Lipinski definition) is 1. The minimum atomic E-state index is -0.282. The van der Waals surface area contributed by atoms with Gasteiger partial charge in [-0.05, 0) is 19.9 Å². The first-order valence-electron chi connectivity index (χ1n) is 8.11. The summed E-state index contributed by atoms with van der Waals surface area (Å²) in [6, 6.07) is 8.12. The molecule has 0 aliphatic rings. The van der Waals surface area contributed by atoms with Crippen LogP contribution in [0, 0.1) is 6.92 Å². The van der Waals surface area contributed by atoms with Crippen LogP contribution >= 0.6 is 11.8 Å². The quantitative estimate of drug-likeness (QED) is 0.550. The van der Waals surface area contributed by atoms with E-state index in [1.165, 1.54) is 11.8 Å². The molecule has 1 heterocycles. The van der Waals surface area contributed by atoms with Crippen LogP contribution in [0.15, 0.2) is 42.1 Å². The van der Waals surface area contributed by atoms with Gasteiger partial charge in [0.1, 0.15) is 0 Å². The molecule has 1 aromatic carbocycles. The number of amides is 1. The van der Waals surface area contributed by atoms with Crippen molar-refractivity contribution in [1.29, 1.82) is 0 Å². The Labute approximate surface area is 152 Å². The van der Waals surface area contributed by atoms with Crippen LogP contribution in [0.3, 0.4) is 0 Å². The van der Waals surface area contributed by atoms with E-state index in [2.05, 4.69) is 28.2 Å². The van der Waals surface area contributed by atoms with Crippen molar-refractivity contribution in [2.45, 2.75) is 30.8 Å². The molecular formula is C18H24N4O2S. The van der Waals surface area contributed by atoms with Gasteiger partial charge in [0, 0.05) is 19.2 Å². The summed E-state index contributed by atoms with van der Waals surface area (Å²) in [4.78, 5) is 12.1. The van der Waals surface area contributed by atoms with E-state index in [0.717, 1.165) is 17.0 Å². The molecule has 7 heteroatoms. The SMILES string of the molecule is C=CCNC(=O)[C@H](C)Sc1nnc(-c2cccc(C)c2)n1CCOC. The molecule has 1 atom stereocenters. The smallest absolute Gasteiger partial charge is 0.233 e. The Hall–Kier alpha value is -2.12. The van der Waals surface area contributed by atoms with Gasteiger partial charge in [-0.1, -0.05) is 41.6 Å². The highest BCUT2D eigenvalue weighted by Crippen LogP contribution is 2.27. The van der Waals surface area contributed by atoms with Crippen molar-refractivity contribution in [3.05, 3.63) is 42.5 Å². The minimum Gasteiger partial charge on any atom is -0.383 e. The second kappa shape index (κ2) is 9.39. The Morgan fingerprint density at radius 1 is 1.48 bits per heavy atom. The summed E-state index contributed by atoms with van der Waals surface area (Å²) in [7, 11) is 1.66. The number of carbonyl (C=O) groups excluding carboxylic acids is 1. The standard InChI is InChI=1S/C18H24N4O2S/c1-5-9-19-17(23)14(3)25-18-21-20-16(22(18)10-11-24-4)15-8-6-7-13(2)12-15/h5-8,12,14H,1,9-11H2,2-4H3,(H,19,23)/t14-/m0/s1. The van der Waals surface area contributed by atoms with Crippen LogP contribution in [-0.4, -0.2) is 46.2 Å². The van der Waals surface area contributed by atoms with Gasteiger partial charge in [0.05, 0.1) is 18.4 Å². The molecule has 0 saturated heterocycles. The molecule has 1 amide bonds. The van der Waals surface area contributed by atoms with Crippen molar-refractivity contribution >= 4 is 17.7 Å². The van der Waals surface area contributed by atoms with Gasteiger partial charge >= 0.3 is 0 Å². The maximum Gasteiger partial charge on any atom is 0.233 e. The minimum absolute atomic E-state index is 0.0525. The van der Waals surface area contributed by atoms with E-state index >= 15 is 0 Å². The zero-order valence-corrected chi connectivity index (χ0v) is 15.7. The topological polar surface area (TPSA) is 69.0 Å². The molecule has 0 aliphatic heterocycles. The van der Waals surface area contributed by atoms with Gasteiger partial charge in [0.2, 0.25) is 5.91 Å². The van der Waals surface area contributed by atoms with Crippen molar-refractivity contribution in [3.63, 3.8) is 0 Å². The monoisotopic (exact) mass is 360 g/mol. The Bertz CT molecular complexity index is 730. The van der Waals surface area contributed by atoms with Crippen molar-refractivity contribution in [1.82, 2.24) is 20.1 Å². The number of nitrogens with zero attached hydrogens (tertiary/aromatic N) is 3. The van der Waals surface area contributed by atoms with Crippen LogP contribution in [0.5, 0.6) is 0 Å². The van der Waals surface area contributed by atoms with Crippen molar-refractivity contribution < 1.29 is 9.53 Å². The molecule has 25 heavy (non-hydrogen) atoms.